The van der Waals surface area contributed by atoms with Crippen LogP contribution < -0.4 is 10.6 Å². The summed E-state index contributed by atoms with van der Waals surface area (Å²) in [5, 5.41) is 6.54. The number of ether oxygens (including phenoxy) is 1. The van der Waals surface area contributed by atoms with Crippen LogP contribution in [0.25, 0.3) is 0 Å². The van der Waals surface area contributed by atoms with Crippen molar-refractivity contribution in [2.45, 2.75) is 45.7 Å². The van der Waals surface area contributed by atoms with Crippen molar-refractivity contribution < 1.29 is 9.53 Å². The van der Waals surface area contributed by atoms with E-state index in [2.05, 4.69) is 43.5 Å². The second-order valence-electron chi connectivity index (χ2n) is 5.83. The lowest BCUT2D eigenvalue weighted by molar-refractivity contribution is -0.126. The summed E-state index contributed by atoms with van der Waals surface area (Å²) in [4.78, 5) is 15.0. The molecule has 1 saturated heterocycles. The van der Waals surface area contributed by atoms with E-state index in [1.165, 1.54) is 9.75 Å². The standard InChI is InChI=1S/C16H26N2O2S/c1-4-7-17-15-10-20-9-14(15)16(19)18-11(2)8-13-6-5-12(3)21-13/h5-6,11,14-15,17H,4,7-10H2,1-3H3,(H,18,19). The van der Waals surface area contributed by atoms with Gasteiger partial charge in [-0.1, -0.05) is 6.92 Å². The van der Waals surface area contributed by atoms with Crippen molar-refractivity contribution >= 4 is 17.2 Å². The van der Waals surface area contributed by atoms with E-state index in [4.69, 9.17) is 4.74 Å². The first kappa shape index (κ1) is 16.5. The van der Waals surface area contributed by atoms with Crippen LogP contribution in [0.4, 0.5) is 0 Å². The maximum absolute atomic E-state index is 12.4. The van der Waals surface area contributed by atoms with Gasteiger partial charge >= 0.3 is 0 Å². The zero-order valence-corrected chi connectivity index (χ0v) is 14.0. The van der Waals surface area contributed by atoms with Gasteiger partial charge in [0.25, 0.3) is 0 Å². The van der Waals surface area contributed by atoms with E-state index in [0.29, 0.717) is 13.2 Å². The molecule has 0 aromatic carbocycles. The minimum atomic E-state index is -0.0657. The highest BCUT2D eigenvalue weighted by atomic mass is 32.1. The van der Waals surface area contributed by atoms with Gasteiger partial charge in [0.2, 0.25) is 5.91 Å². The number of carbonyl (C=O) groups excluding carboxylic acids is 1. The van der Waals surface area contributed by atoms with E-state index >= 15 is 0 Å². The molecular weight excluding hydrogens is 284 g/mol. The maximum atomic E-state index is 12.4. The molecule has 2 heterocycles. The molecule has 0 bridgehead atoms. The minimum Gasteiger partial charge on any atom is -0.379 e. The number of nitrogens with one attached hydrogen (secondary N) is 2. The Hall–Kier alpha value is -0.910. The van der Waals surface area contributed by atoms with Gasteiger partial charge in [0, 0.05) is 28.3 Å². The molecular formula is C16H26N2O2S. The van der Waals surface area contributed by atoms with Gasteiger partial charge in [-0.25, -0.2) is 0 Å². The van der Waals surface area contributed by atoms with Crippen LogP contribution in [0.15, 0.2) is 12.1 Å². The second kappa shape index (κ2) is 7.92. The van der Waals surface area contributed by atoms with Crippen LogP contribution >= 0.6 is 11.3 Å². The van der Waals surface area contributed by atoms with Crippen molar-refractivity contribution in [2.75, 3.05) is 19.8 Å². The first-order valence-electron chi connectivity index (χ1n) is 7.77. The van der Waals surface area contributed by atoms with Crippen molar-refractivity contribution in [3.8, 4) is 0 Å². The van der Waals surface area contributed by atoms with Gasteiger partial charge in [0.1, 0.15) is 0 Å². The van der Waals surface area contributed by atoms with E-state index < -0.39 is 0 Å². The fourth-order valence-corrected chi connectivity index (χ4v) is 3.66. The molecule has 1 aromatic rings. The highest BCUT2D eigenvalue weighted by Crippen LogP contribution is 2.18. The molecule has 118 valence electrons. The summed E-state index contributed by atoms with van der Waals surface area (Å²) in [7, 11) is 0. The van der Waals surface area contributed by atoms with Crippen molar-refractivity contribution in [1.29, 1.82) is 0 Å². The van der Waals surface area contributed by atoms with Gasteiger partial charge in [0.15, 0.2) is 0 Å². The third-order valence-corrected chi connectivity index (χ3v) is 4.79. The highest BCUT2D eigenvalue weighted by molar-refractivity contribution is 7.11. The van der Waals surface area contributed by atoms with E-state index in [1.54, 1.807) is 11.3 Å². The van der Waals surface area contributed by atoms with Gasteiger partial charge in [-0.2, -0.15) is 0 Å². The third kappa shape index (κ3) is 4.80. The molecule has 0 saturated carbocycles. The molecule has 1 aliphatic rings. The Morgan fingerprint density at radius 3 is 2.95 bits per heavy atom. The summed E-state index contributed by atoms with van der Waals surface area (Å²) in [6.45, 7) is 8.40. The number of hydrogen-bond donors (Lipinski definition) is 2. The zero-order chi connectivity index (χ0) is 15.2. The normalized spacial score (nSPS) is 23.2. The van der Waals surface area contributed by atoms with Crippen molar-refractivity contribution in [3.05, 3.63) is 21.9 Å². The number of amides is 1. The van der Waals surface area contributed by atoms with E-state index in [0.717, 1.165) is 19.4 Å². The quantitative estimate of drug-likeness (QED) is 0.811. The van der Waals surface area contributed by atoms with Crippen LogP contribution in [0.2, 0.25) is 0 Å². The molecule has 4 nitrogen and oxygen atoms in total. The first-order valence-corrected chi connectivity index (χ1v) is 8.58. The summed E-state index contributed by atoms with van der Waals surface area (Å²) in [5.74, 6) is 0.0472. The van der Waals surface area contributed by atoms with E-state index in [1.807, 2.05) is 0 Å². The molecule has 21 heavy (non-hydrogen) atoms. The maximum Gasteiger partial charge on any atom is 0.227 e. The summed E-state index contributed by atoms with van der Waals surface area (Å²) in [6, 6.07) is 4.58. The molecule has 3 atom stereocenters. The molecule has 1 fully saturated rings. The topological polar surface area (TPSA) is 50.4 Å². The van der Waals surface area contributed by atoms with Gasteiger partial charge < -0.3 is 15.4 Å². The third-order valence-electron chi connectivity index (χ3n) is 3.77. The molecule has 0 spiro atoms. The largest absolute Gasteiger partial charge is 0.379 e. The molecule has 1 aromatic heterocycles. The molecule has 2 N–H and O–H groups in total. The molecule has 1 amide bonds. The monoisotopic (exact) mass is 310 g/mol. The van der Waals surface area contributed by atoms with Crippen LogP contribution in [0.1, 0.15) is 30.0 Å². The van der Waals surface area contributed by atoms with Gasteiger partial charge in [-0.15, -0.1) is 11.3 Å². The Kier molecular flexibility index (Phi) is 6.21. The summed E-state index contributed by atoms with van der Waals surface area (Å²) >= 11 is 1.80. The van der Waals surface area contributed by atoms with Gasteiger partial charge in [-0.05, 0) is 38.9 Å². The fraction of sp³-hybridized carbons (Fsp3) is 0.688. The number of rotatable bonds is 7. The van der Waals surface area contributed by atoms with Crippen LogP contribution in [-0.2, 0) is 16.0 Å². The Bertz CT molecular complexity index is 461. The molecule has 2 rings (SSSR count). The Balaban J connectivity index is 1.82. The van der Waals surface area contributed by atoms with Crippen LogP contribution in [0.5, 0.6) is 0 Å². The van der Waals surface area contributed by atoms with Gasteiger partial charge in [-0.3, -0.25) is 4.79 Å². The lowest BCUT2D eigenvalue weighted by Gasteiger charge is -2.21. The second-order valence-corrected chi connectivity index (χ2v) is 7.20. The Morgan fingerprint density at radius 1 is 1.48 bits per heavy atom. The molecule has 3 unspecified atom stereocenters. The van der Waals surface area contributed by atoms with E-state index in [-0.39, 0.29) is 23.9 Å². The number of hydrogen-bond acceptors (Lipinski definition) is 4. The van der Waals surface area contributed by atoms with Crippen LogP contribution in [0, 0.1) is 12.8 Å². The van der Waals surface area contributed by atoms with Crippen molar-refractivity contribution in [3.63, 3.8) is 0 Å². The average Bonchev–Trinajstić information content (AvgIpc) is 3.05. The van der Waals surface area contributed by atoms with Gasteiger partial charge in [0.05, 0.1) is 19.1 Å². The Morgan fingerprint density at radius 2 is 2.29 bits per heavy atom. The highest BCUT2D eigenvalue weighted by Gasteiger charge is 2.33. The summed E-state index contributed by atoms with van der Waals surface area (Å²) < 4.78 is 5.47. The van der Waals surface area contributed by atoms with Crippen LogP contribution in [-0.4, -0.2) is 37.7 Å². The van der Waals surface area contributed by atoms with E-state index in [9.17, 15) is 4.79 Å². The van der Waals surface area contributed by atoms with Crippen molar-refractivity contribution in [1.82, 2.24) is 10.6 Å². The Labute approximate surface area is 131 Å². The number of carbonyl (C=O) groups is 1. The molecule has 0 aliphatic carbocycles. The predicted octanol–water partition coefficient (Wildman–Crippen LogP) is 2.12. The summed E-state index contributed by atoms with van der Waals surface area (Å²) in [5.41, 5.74) is 0. The summed E-state index contributed by atoms with van der Waals surface area (Å²) in [6.07, 6.45) is 1.96. The molecule has 0 radical (unpaired) electrons. The zero-order valence-electron chi connectivity index (χ0n) is 13.1. The molecule has 5 heteroatoms. The molecule has 1 aliphatic heterocycles. The number of thiophene rings is 1. The predicted molar refractivity (Wildman–Crippen MR) is 86.8 cm³/mol. The average molecular weight is 310 g/mol. The smallest absolute Gasteiger partial charge is 0.227 e. The first-order chi connectivity index (χ1) is 10.1. The SMILES string of the molecule is CCCNC1COCC1C(=O)NC(C)Cc1ccc(C)s1. The lowest BCUT2D eigenvalue weighted by Crippen LogP contribution is -2.46. The minimum absolute atomic E-state index is 0.0657. The van der Waals surface area contributed by atoms with Crippen molar-refractivity contribution in [2.24, 2.45) is 5.92 Å². The number of aryl methyl sites for hydroxylation is 1. The lowest BCUT2D eigenvalue weighted by atomic mass is 10.0. The van der Waals surface area contributed by atoms with Crippen LogP contribution in [0.3, 0.4) is 0 Å². The fourth-order valence-electron chi connectivity index (χ4n) is 2.64.